The number of hydrogen-bond donors (Lipinski definition) is 0. The monoisotopic (exact) mass is 161 g/mol. The third kappa shape index (κ3) is 1.87. The molecule has 1 amide bonds. The minimum Gasteiger partial charge on any atom is -0.343 e. The van der Waals surface area contributed by atoms with Gasteiger partial charge < -0.3 is 4.90 Å². The van der Waals surface area contributed by atoms with Crippen LogP contribution >= 0.6 is 11.6 Å². The SMILES string of the molecule is CC(=O)N1CCC(Cl)CC1. The molecule has 0 aromatic carbocycles. The summed E-state index contributed by atoms with van der Waals surface area (Å²) in [4.78, 5) is 12.6. The second kappa shape index (κ2) is 3.24. The number of hydrogen-bond acceptors (Lipinski definition) is 1. The van der Waals surface area contributed by atoms with Crippen LogP contribution < -0.4 is 0 Å². The molecule has 3 heteroatoms. The van der Waals surface area contributed by atoms with Crippen molar-refractivity contribution >= 4 is 17.5 Å². The largest absolute Gasteiger partial charge is 0.343 e. The van der Waals surface area contributed by atoms with Crippen molar-refractivity contribution in [2.75, 3.05) is 13.1 Å². The van der Waals surface area contributed by atoms with E-state index in [-0.39, 0.29) is 11.3 Å². The number of likely N-dealkylation sites (tertiary alicyclic amines) is 1. The molecule has 1 aliphatic heterocycles. The van der Waals surface area contributed by atoms with Crippen molar-refractivity contribution in [3.63, 3.8) is 0 Å². The lowest BCUT2D eigenvalue weighted by Gasteiger charge is -2.28. The number of amides is 1. The molecule has 0 N–H and O–H groups in total. The van der Waals surface area contributed by atoms with Gasteiger partial charge in [0.15, 0.2) is 0 Å². The Hall–Kier alpha value is -0.240. The second-order valence-electron chi connectivity index (χ2n) is 2.68. The summed E-state index contributed by atoms with van der Waals surface area (Å²) < 4.78 is 0. The number of carbonyl (C=O) groups is 1. The molecule has 0 unspecified atom stereocenters. The van der Waals surface area contributed by atoms with Gasteiger partial charge in [-0.05, 0) is 12.8 Å². The predicted octanol–water partition coefficient (Wildman–Crippen LogP) is 1.24. The first-order chi connectivity index (χ1) is 4.70. The molecule has 0 bridgehead atoms. The Morgan fingerprint density at radius 3 is 2.40 bits per heavy atom. The van der Waals surface area contributed by atoms with Gasteiger partial charge in [0.2, 0.25) is 5.91 Å². The van der Waals surface area contributed by atoms with Crippen LogP contribution in [0.5, 0.6) is 0 Å². The van der Waals surface area contributed by atoms with E-state index in [4.69, 9.17) is 11.6 Å². The van der Waals surface area contributed by atoms with Crippen LogP contribution in [0.25, 0.3) is 0 Å². The molecular weight excluding hydrogens is 150 g/mol. The van der Waals surface area contributed by atoms with Gasteiger partial charge in [0, 0.05) is 25.4 Å². The maximum atomic E-state index is 10.8. The number of carbonyl (C=O) groups excluding carboxylic acids is 1. The zero-order valence-electron chi connectivity index (χ0n) is 6.14. The summed E-state index contributed by atoms with van der Waals surface area (Å²) in [5, 5.41) is 0.288. The molecule has 10 heavy (non-hydrogen) atoms. The van der Waals surface area contributed by atoms with E-state index in [2.05, 4.69) is 0 Å². The average molecular weight is 162 g/mol. The van der Waals surface area contributed by atoms with E-state index >= 15 is 0 Å². The summed E-state index contributed by atoms with van der Waals surface area (Å²) in [5.74, 6) is 0.170. The van der Waals surface area contributed by atoms with E-state index in [1.54, 1.807) is 6.92 Å². The number of piperidine rings is 1. The molecule has 1 rings (SSSR count). The van der Waals surface area contributed by atoms with E-state index in [1.807, 2.05) is 4.90 Å². The van der Waals surface area contributed by atoms with Crippen LogP contribution in [0.3, 0.4) is 0 Å². The summed E-state index contributed by atoms with van der Waals surface area (Å²) in [6, 6.07) is 0. The van der Waals surface area contributed by atoms with Crippen LogP contribution in [0.1, 0.15) is 19.8 Å². The summed E-state index contributed by atoms with van der Waals surface area (Å²) in [5.41, 5.74) is 0. The van der Waals surface area contributed by atoms with E-state index in [1.165, 1.54) is 0 Å². The van der Waals surface area contributed by atoms with Crippen LogP contribution in [0, 0.1) is 0 Å². The predicted molar refractivity (Wildman–Crippen MR) is 41.1 cm³/mol. The van der Waals surface area contributed by atoms with Crippen molar-refractivity contribution in [1.29, 1.82) is 0 Å². The molecule has 0 radical (unpaired) electrons. The lowest BCUT2D eigenvalue weighted by molar-refractivity contribution is -0.129. The highest BCUT2D eigenvalue weighted by atomic mass is 35.5. The van der Waals surface area contributed by atoms with Gasteiger partial charge in [-0.15, -0.1) is 11.6 Å². The van der Waals surface area contributed by atoms with Crippen molar-refractivity contribution in [3.05, 3.63) is 0 Å². The Labute approximate surface area is 66.1 Å². The van der Waals surface area contributed by atoms with Crippen LogP contribution in [0.15, 0.2) is 0 Å². The molecule has 1 saturated heterocycles. The lowest BCUT2D eigenvalue weighted by Crippen LogP contribution is -2.37. The fourth-order valence-corrected chi connectivity index (χ4v) is 1.36. The molecule has 1 heterocycles. The lowest BCUT2D eigenvalue weighted by atomic mass is 10.1. The molecule has 0 saturated carbocycles. The van der Waals surface area contributed by atoms with Gasteiger partial charge in [-0.1, -0.05) is 0 Å². The molecule has 0 spiro atoms. The van der Waals surface area contributed by atoms with E-state index in [0.29, 0.717) is 0 Å². The zero-order valence-corrected chi connectivity index (χ0v) is 6.90. The Morgan fingerprint density at radius 2 is 2.00 bits per heavy atom. The van der Waals surface area contributed by atoms with Gasteiger partial charge in [0.05, 0.1) is 0 Å². The molecule has 2 nitrogen and oxygen atoms in total. The molecule has 1 fully saturated rings. The third-order valence-electron chi connectivity index (χ3n) is 1.87. The van der Waals surface area contributed by atoms with Crippen molar-refractivity contribution in [2.24, 2.45) is 0 Å². The highest BCUT2D eigenvalue weighted by Crippen LogP contribution is 2.14. The first kappa shape index (κ1) is 7.86. The first-order valence-corrected chi connectivity index (χ1v) is 4.03. The number of alkyl halides is 1. The van der Waals surface area contributed by atoms with Crippen LogP contribution in [0.4, 0.5) is 0 Å². The highest BCUT2D eigenvalue weighted by molar-refractivity contribution is 6.20. The summed E-state index contributed by atoms with van der Waals surface area (Å²) in [6.07, 6.45) is 1.89. The maximum Gasteiger partial charge on any atom is 0.219 e. The average Bonchev–Trinajstić information content (AvgIpc) is 1.88. The molecular formula is C7H12ClNO. The molecule has 58 valence electrons. The van der Waals surface area contributed by atoms with Crippen molar-refractivity contribution < 1.29 is 4.79 Å². The zero-order chi connectivity index (χ0) is 7.56. The summed E-state index contributed by atoms with van der Waals surface area (Å²) >= 11 is 5.85. The fraction of sp³-hybridized carbons (Fsp3) is 0.857. The van der Waals surface area contributed by atoms with Crippen LogP contribution in [0.2, 0.25) is 0 Å². The summed E-state index contributed by atoms with van der Waals surface area (Å²) in [7, 11) is 0. The summed E-state index contributed by atoms with van der Waals surface area (Å²) in [6.45, 7) is 3.28. The highest BCUT2D eigenvalue weighted by Gasteiger charge is 2.17. The Kier molecular flexibility index (Phi) is 2.55. The molecule has 0 atom stereocenters. The van der Waals surface area contributed by atoms with Crippen molar-refractivity contribution in [3.8, 4) is 0 Å². The normalized spacial score (nSPS) is 21.2. The van der Waals surface area contributed by atoms with E-state index in [9.17, 15) is 4.79 Å². The minimum atomic E-state index is 0.170. The van der Waals surface area contributed by atoms with Gasteiger partial charge in [0.1, 0.15) is 0 Å². The molecule has 0 aromatic rings. The molecule has 0 aromatic heterocycles. The number of nitrogens with zero attached hydrogens (tertiary/aromatic N) is 1. The standard InChI is InChI=1S/C7H12ClNO/c1-6(10)9-4-2-7(8)3-5-9/h7H,2-5H2,1H3. The van der Waals surface area contributed by atoms with E-state index < -0.39 is 0 Å². The number of rotatable bonds is 0. The van der Waals surface area contributed by atoms with Gasteiger partial charge >= 0.3 is 0 Å². The van der Waals surface area contributed by atoms with E-state index in [0.717, 1.165) is 25.9 Å². The quantitative estimate of drug-likeness (QED) is 0.490. The first-order valence-electron chi connectivity index (χ1n) is 3.59. The molecule has 0 aliphatic carbocycles. The van der Waals surface area contributed by atoms with Crippen LogP contribution in [-0.4, -0.2) is 29.3 Å². The minimum absolute atomic E-state index is 0.170. The smallest absolute Gasteiger partial charge is 0.219 e. The van der Waals surface area contributed by atoms with Crippen LogP contribution in [-0.2, 0) is 4.79 Å². The maximum absolute atomic E-state index is 10.8. The fourth-order valence-electron chi connectivity index (χ4n) is 1.16. The van der Waals surface area contributed by atoms with Crippen molar-refractivity contribution in [1.82, 2.24) is 4.90 Å². The van der Waals surface area contributed by atoms with Gasteiger partial charge in [-0.25, -0.2) is 0 Å². The van der Waals surface area contributed by atoms with Gasteiger partial charge in [-0.2, -0.15) is 0 Å². The Morgan fingerprint density at radius 1 is 1.50 bits per heavy atom. The Balaban J connectivity index is 2.33. The van der Waals surface area contributed by atoms with Crippen molar-refractivity contribution in [2.45, 2.75) is 25.1 Å². The second-order valence-corrected chi connectivity index (χ2v) is 3.30. The topological polar surface area (TPSA) is 20.3 Å². The van der Waals surface area contributed by atoms with Gasteiger partial charge in [0.25, 0.3) is 0 Å². The van der Waals surface area contributed by atoms with Gasteiger partial charge in [-0.3, -0.25) is 4.79 Å². The Bertz CT molecular complexity index is 130. The third-order valence-corrected chi connectivity index (χ3v) is 2.31. The molecule has 1 aliphatic rings. The number of halogens is 1.